The van der Waals surface area contributed by atoms with Crippen molar-refractivity contribution < 1.29 is 14.7 Å². The minimum absolute atomic E-state index is 0.0235. The van der Waals surface area contributed by atoms with Crippen LogP contribution >= 0.6 is 11.8 Å². The normalized spacial score (nSPS) is 11.9. The van der Waals surface area contributed by atoms with Gasteiger partial charge >= 0.3 is 5.97 Å². The number of nitrogens with one attached hydrogen (secondary N) is 1. The molecule has 0 aliphatic heterocycles. The fourth-order valence-electron chi connectivity index (χ4n) is 1.32. The smallest absolute Gasteiger partial charge is 0.307 e. The molecule has 0 bridgehead atoms. The van der Waals surface area contributed by atoms with Gasteiger partial charge in [-0.05, 0) is 24.6 Å². The molecule has 0 aromatic heterocycles. The molecule has 17 heavy (non-hydrogen) atoms. The predicted molar refractivity (Wildman–Crippen MR) is 67.2 cm³/mol. The number of aliphatic carboxylic acids is 1. The zero-order chi connectivity index (χ0) is 12.8. The summed E-state index contributed by atoms with van der Waals surface area (Å²) in [4.78, 5) is 22.8. The Bertz CT molecular complexity index is 403. The molecule has 0 aliphatic rings. The monoisotopic (exact) mass is 253 g/mol. The van der Waals surface area contributed by atoms with Crippen molar-refractivity contribution in [3.63, 3.8) is 0 Å². The van der Waals surface area contributed by atoms with Crippen LogP contribution in [0.4, 0.5) is 0 Å². The Morgan fingerprint density at radius 3 is 2.41 bits per heavy atom. The molecule has 0 heterocycles. The van der Waals surface area contributed by atoms with Gasteiger partial charge in [-0.1, -0.05) is 12.1 Å². The fraction of sp³-hybridized carbons (Fsp3) is 0.333. The fourth-order valence-corrected chi connectivity index (χ4v) is 2.25. The highest BCUT2D eigenvalue weighted by atomic mass is 32.2. The van der Waals surface area contributed by atoms with Crippen LogP contribution in [0, 0.1) is 0 Å². The van der Waals surface area contributed by atoms with Crippen molar-refractivity contribution in [3.8, 4) is 0 Å². The minimum atomic E-state index is -0.843. The molecular weight excluding hydrogens is 238 g/mol. The number of rotatable bonds is 5. The van der Waals surface area contributed by atoms with Crippen LogP contribution in [0.25, 0.3) is 0 Å². The number of carbonyl (C=O) groups is 2. The molecule has 5 heteroatoms. The van der Waals surface area contributed by atoms with Gasteiger partial charge in [0, 0.05) is 11.9 Å². The molecule has 1 rings (SSSR count). The first-order valence-electron chi connectivity index (χ1n) is 5.22. The zero-order valence-electron chi connectivity index (χ0n) is 9.77. The summed E-state index contributed by atoms with van der Waals surface area (Å²) in [5.41, 5.74) is 0.759. The first kappa shape index (κ1) is 13.6. The van der Waals surface area contributed by atoms with Crippen molar-refractivity contribution in [3.05, 3.63) is 29.8 Å². The summed E-state index contributed by atoms with van der Waals surface area (Å²) < 4.78 is 0. The highest BCUT2D eigenvalue weighted by molar-refractivity contribution is 8.00. The number of benzene rings is 1. The van der Waals surface area contributed by atoms with Crippen LogP contribution in [0.2, 0.25) is 0 Å². The van der Waals surface area contributed by atoms with E-state index in [2.05, 4.69) is 5.32 Å². The van der Waals surface area contributed by atoms with Gasteiger partial charge in [0.25, 0.3) is 0 Å². The lowest BCUT2D eigenvalue weighted by Crippen LogP contribution is -2.27. The molecular formula is C12H15NO3S. The van der Waals surface area contributed by atoms with Gasteiger partial charge in [0.1, 0.15) is 0 Å². The number of hydrogen-bond donors (Lipinski definition) is 2. The van der Waals surface area contributed by atoms with Crippen LogP contribution in [0.1, 0.15) is 12.5 Å². The van der Waals surface area contributed by atoms with Crippen LogP contribution in [0.15, 0.2) is 29.2 Å². The Labute approximate surface area is 104 Å². The number of hydrogen-bond acceptors (Lipinski definition) is 3. The molecule has 0 radical (unpaired) electrons. The topological polar surface area (TPSA) is 66.4 Å². The SMILES string of the molecule is CNC(=O)C(C)Sc1ccc(CC(=O)O)cc1. The van der Waals surface area contributed by atoms with Crippen LogP contribution in [0.5, 0.6) is 0 Å². The highest BCUT2D eigenvalue weighted by Gasteiger charge is 2.12. The van der Waals surface area contributed by atoms with Gasteiger partial charge in [-0.2, -0.15) is 0 Å². The number of carboxylic acids is 1. The summed E-state index contributed by atoms with van der Waals surface area (Å²) in [5, 5.41) is 11.1. The third-order valence-electron chi connectivity index (χ3n) is 2.21. The third-order valence-corrected chi connectivity index (χ3v) is 3.32. The van der Waals surface area contributed by atoms with Crippen molar-refractivity contribution in [2.45, 2.75) is 23.5 Å². The van der Waals surface area contributed by atoms with E-state index in [9.17, 15) is 9.59 Å². The second kappa shape index (κ2) is 6.30. The number of carbonyl (C=O) groups excluding carboxylic acids is 1. The maximum atomic E-state index is 11.3. The molecule has 0 fully saturated rings. The number of thioether (sulfide) groups is 1. The lowest BCUT2D eigenvalue weighted by Gasteiger charge is -2.09. The molecule has 0 saturated heterocycles. The van der Waals surface area contributed by atoms with Gasteiger partial charge in [0.15, 0.2) is 0 Å². The largest absolute Gasteiger partial charge is 0.481 e. The van der Waals surface area contributed by atoms with E-state index in [1.54, 1.807) is 19.2 Å². The van der Waals surface area contributed by atoms with E-state index in [4.69, 9.17) is 5.11 Å². The maximum absolute atomic E-state index is 11.3. The van der Waals surface area contributed by atoms with Crippen LogP contribution in [-0.2, 0) is 16.0 Å². The van der Waals surface area contributed by atoms with E-state index in [1.807, 2.05) is 19.1 Å². The summed E-state index contributed by atoms with van der Waals surface area (Å²) in [5.74, 6) is -0.867. The van der Waals surface area contributed by atoms with Crippen molar-refractivity contribution in [1.82, 2.24) is 5.32 Å². The molecule has 1 aromatic rings. The zero-order valence-corrected chi connectivity index (χ0v) is 10.6. The Kier molecular flexibility index (Phi) is 5.03. The molecule has 2 N–H and O–H groups in total. The number of carboxylic acid groups (broad SMARTS) is 1. The van der Waals surface area contributed by atoms with Crippen molar-refractivity contribution in [1.29, 1.82) is 0 Å². The third kappa shape index (κ3) is 4.48. The van der Waals surface area contributed by atoms with Crippen LogP contribution in [0.3, 0.4) is 0 Å². The lowest BCUT2D eigenvalue weighted by molar-refractivity contribution is -0.136. The average Bonchev–Trinajstić information content (AvgIpc) is 2.30. The maximum Gasteiger partial charge on any atom is 0.307 e. The number of amides is 1. The molecule has 1 atom stereocenters. The van der Waals surface area contributed by atoms with E-state index in [1.165, 1.54) is 11.8 Å². The first-order valence-corrected chi connectivity index (χ1v) is 6.10. The van der Waals surface area contributed by atoms with E-state index in [0.717, 1.165) is 10.5 Å². The van der Waals surface area contributed by atoms with Gasteiger partial charge in [0.2, 0.25) is 5.91 Å². The summed E-state index contributed by atoms with van der Waals surface area (Å²) >= 11 is 1.44. The van der Waals surface area contributed by atoms with Gasteiger partial charge in [-0.3, -0.25) is 9.59 Å². The summed E-state index contributed by atoms with van der Waals surface area (Å²) in [6.07, 6.45) is 0.0238. The molecule has 0 spiro atoms. The Balaban J connectivity index is 2.62. The van der Waals surface area contributed by atoms with Crippen LogP contribution in [-0.4, -0.2) is 29.3 Å². The molecule has 0 saturated carbocycles. The van der Waals surface area contributed by atoms with Gasteiger partial charge in [0.05, 0.1) is 11.7 Å². The molecule has 1 aromatic carbocycles. The molecule has 1 amide bonds. The summed E-state index contributed by atoms with van der Waals surface area (Å²) in [7, 11) is 1.61. The van der Waals surface area contributed by atoms with Gasteiger partial charge in [-0.15, -0.1) is 11.8 Å². The predicted octanol–water partition coefficient (Wildman–Crippen LogP) is 1.54. The first-order chi connectivity index (χ1) is 8.02. The van der Waals surface area contributed by atoms with E-state index < -0.39 is 5.97 Å². The minimum Gasteiger partial charge on any atom is -0.481 e. The Morgan fingerprint density at radius 2 is 1.94 bits per heavy atom. The molecule has 4 nitrogen and oxygen atoms in total. The summed E-state index contributed by atoms with van der Waals surface area (Å²) in [6.45, 7) is 1.83. The second-order valence-electron chi connectivity index (χ2n) is 3.59. The van der Waals surface area contributed by atoms with E-state index >= 15 is 0 Å². The van der Waals surface area contributed by atoms with E-state index in [0.29, 0.717) is 0 Å². The van der Waals surface area contributed by atoms with Gasteiger partial charge < -0.3 is 10.4 Å². The highest BCUT2D eigenvalue weighted by Crippen LogP contribution is 2.23. The Morgan fingerprint density at radius 1 is 1.35 bits per heavy atom. The molecule has 1 unspecified atom stereocenters. The standard InChI is InChI=1S/C12H15NO3S/c1-8(12(16)13-2)17-10-5-3-9(4-6-10)7-11(14)15/h3-6,8H,7H2,1-2H3,(H,13,16)(H,14,15). The lowest BCUT2D eigenvalue weighted by atomic mass is 10.2. The van der Waals surface area contributed by atoms with E-state index in [-0.39, 0.29) is 17.6 Å². The summed E-state index contributed by atoms with van der Waals surface area (Å²) in [6, 6.07) is 7.21. The molecule has 0 aliphatic carbocycles. The molecule has 92 valence electrons. The van der Waals surface area contributed by atoms with Crippen LogP contribution < -0.4 is 5.32 Å². The average molecular weight is 253 g/mol. The van der Waals surface area contributed by atoms with Gasteiger partial charge in [-0.25, -0.2) is 0 Å². The van der Waals surface area contributed by atoms with Crippen molar-refractivity contribution in [2.24, 2.45) is 0 Å². The second-order valence-corrected chi connectivity index (χ2v) is 5.00. The van der Waals surface area contributed by atoms with Crippen molar-refractivity contribution >= 4 is 23.6 Å². The van der Waals surface area contributed by atoms with Crippen molar-refractivity contribution in [2.75, 3.05) is 7.05 Å². The Hall–Kier alpha value is -1.49. The quantitative estimate of drug-likeness (QED) is 0.781.